The van der Waals surface area contributed by atoms with E-state index in [0.29, 0.717) is 18.1 Å². The van der Waals surface area contributed by atoms with Crippen LogP contribution in [0.5, 0.6) is 0 Å². The van der Waals surface area contributed by atoms with Gasteiger partial charge < -0.3 is 14.6 Å². The van der Waals surface area contributed by atoms with Crippen LogP contribution in [0.3, 0.4) is 0 Å². The monoisotopic (exact) mass is 333 g/mol. The third-order valence-electron chi connectivity index (χ3n) is 4.01. The molecule has 1 aliphatic rings. The van der Waals surface area contributed by atoms with Gasteiger partial charge in [-0.15, -0.1) is 11.3 Å². The Morgan fingerprint density at radius 3 is 3.00 bits per heavy atom. The van der Waals surface area contributed by atoms with E-state index >= 15 is 0 Å². The number of aryl methyl sites for hydroxylation is 2. The van der Waals surface area contributed by atoms with Gasteiger partial charge in [0.2, 0.25) is 5.91 Å². The molecule has 3 rings (SSSR count). The lowest BCUT2D eigenvalue weighted by atomic mass is 10.2. The summed E-state index contributed by atoms with van der Waals surface area (Å²) >= 11 is 1.47. The van der Waals surface area contributed by atoms with Gasteiger partial charge in [0.25, 0.3) is 5.91 Å². The van der Waals surface area contributed by atoms with E-state index in [0.717, 1.165) is 23.4 Å². The van der Waals surface area contributed by atoms with Crippen molar-refractivity contribution >= 4 is 28.3 Å². The van der Waals surface area contributed by atoms with Crippen LogP contribution >= 0.6 is 11.3 Å². The normalized spacial score (nSPS) is 17.5. The molecule has 1 N–H and O–H groups in total. The summed E-state index contributed by atoms with van der Waals surface area (Å²) in [5, 5.41) is 3.45. The molecule has 0 aliphatic carbocycles. The van der Waals surface area contributed by atoms with E-state index in [1.807, 2.05) is 13.8 Å². The maximum Gasteiger partial charge on any atom is 0.290 e. The van der Waals surface area contributed by atoms with E-state index in [-0.39, 0.29) is 17.6 Å². The van der Waals surface area contributed by atoms with E-state index in [4.69, 9.17) is 4.42 Å². The average molecular weight is 333 g/mol. The maximum absolute atomic E-state index is 12.5. The molecule has 0 unspecified atom stereocenters. The molecule has 0 saturated carbocycles. The van der Waals surface area contributed by atoms with Crippen LogP contribution in [-0.2, 0) is 11.2 Å². The Morgan fingerprint density at radius 2 is 2.35 bits per heavy atom. The molecule has 0 bridgehead atoms. The Hall–Kier alpha value is -2.15. The zero-order chi connectivity index (χ0) is 16.4. The van der Waals surface area contributed by atoms with Crippen molar-refractivity contribution in [2.45, 2.75) is 39.2 Å². The van der Waals surface area contributed by atoms with Gasteiger partial charge in [-0.05, 0) is 38.3 Å². The summed E-state index contributed by atoms with van der Waals surface area (Å²) in [6, 6.07) is 2.82. The van der Waals surface area contributed by atoms with Gasteiger partial charge in [-0.1, -0.05) is 6.92 Å². The number of aromatic nitrogens is 1. The number of likely N-dealkylation sites (tertiary alicyclic amines) is 1. The topological polar surface area (TPSA) is 75.4 Å². The van der Waals surface area contributed by atoms with Crippen molar-refractivity contribution in [1.29, 1.82) is 0 Å². The first kappa shape index (κ1) is 15.7. The van der Waals surface area contributed by atoms with Crippen molar-refractivity contribution in [3.05, 3.63) is 34.7 Å². The Balaban J connectivity index is 1.71. The van der Waals surface area contributed by atoms with Gasteiger partial charge in [0.15, 0.2) is 10.9 Å². The van der Waals surface area contributed by atoms with E-state index in [2.05, 4.69) is 10.3 Å². The molecular weight excluding hydrogens is 314 g/mol. The first-order valence-electron chi connectivity index (χ1n) is 7.71. The van der Waals surface area contributed by atoms with Gasteiger partial charge in [0, 0.05) is 11.4 Å². The minimum absolute atomic E-state index is 0.182. The summed E-state index contributed by atoms with van der Waals surface area (Å²) < 4.78 is 5.15. The number of nitrogens with zero attached hydrogens (tertiary/aromatic N) is 2. The molecule has 7 heteroatoms. The lowest BCUT2D eigenvalue weighted by Crippen LogP contribution is -2.43. The minimum Gasteiger partial charge on any atom is -0.459 e. The molecule has 23 heavy (non-hydrogen) atoms. The zero-order valence-corrected chi connectivity index (χ0v) is 14.0. The molecule has 1 atom stereocenters. The number of furan rings is 1. The molecular formula is C16H19N3O3S. The van der Waals surface area contributed by atoms with Gasteiger partial charge in [0.05, 0.1) is 12.0 Å². The third kappa shape index (κ3) is 3.14. The van der Waals surface area contributed by atoms with Crippen molar-refractivity contribution in [3.63, 3.8) is 0 Å². The molecule has 122 valence electrons. The summed E-state index contributed by atoms with van der Waals surface area (Å²) in [6.07, 6.45) is 3.76. The SMILES string of the molecule is CCc1nc(NC(=O)[C@H]2CCCN2C(=O)c2ccco2)sc1C. The lowest BCUT2D eigenvalue weighted by Gasteiger charge is -2.22. The summed E-state index contributed by atoms with van der Waals surface area (Å²) in [5.41, 5.74) is 1.00. The van der Waals surface area contributed by atoms with Gasteiger partial charge in [-0.2, -0.15) is 0 Å². The van der Waals surface area contributed by atoms with Gasteiger partial charge in [-0.3, -0.25) is 9.59 Å². The number of nitrogens with one attached hydrogen (secondary N) is 1. The molecule has 1 saturated heterocycles. The lowest BCUT2D eigenvalue weighted by molar-refractivity contribution is -0.119. The summed E-state index contributed by atoms with van der Waals surface area (Å²) in [6.45, 7) is 4.59. The highest BCUT2D eigenvalue weighted by atomic mass is 32.1. The maximum atomic E-state index is 12.5. The Morgan fingerprint density at radius 1 is 1.52 bits per heavy atom. The number of carbonyl (C=O) groups is 2. The molecule has 0 radical (unpaired) electrons. The van der Waals surface area contributed by atoms with Crippen LogP contribution in [0.4, 0.5) is 5.13 Å². The second kappa shape index (κ2) is 6.54. The number of thiazole rings is 1. The van der Waals surface area contributed by atoms with Crippen molar-refractivity contribution in [3.8, 4) is 0 Å². The summed E-state index contributed by atoms with van der Waals surface area (Å²) in [7, 11) is 0. The number of amides is 2. The predicted octanol–water partition coefficient (Wildman–Crippen LogP) is 2.85. The average Bonchev–Trinajstić information content (AvgIpc) is 3.27. The zero-order valence-electron chi connectivity index (χ0n) is 13.2. The van der Waals surface area contributed by atoms with Crippen LogP contribution in [0.1, 0.15) is 40.9 Å². The highest BCUT2D eigenvalue weighted by Crippen LogP contribution is 2.25. The molecule has 6 nitrogen and oxygen atoms in total. The number of rotatable bonds is 4. The van der Waals surface area contributed by atoms with Crippen LogP contribution in [0.15, 0.2) is 22.8 Å². The molecule has 1 aliphatic heterocycles. The highest BCUT2D eigenvalue weighted by Gasteiger charge is 2.35. The van der Waals surface area contributed by atoms with Gasteiger partial charge >= 0.3 is 0 Å². The third-order valence-corrected chi connectivity index (χ3v) is 4.93. The van der Waals surface area contributed by atoms with Gasteiger partial charge in [-0.25, -0.2) is 4.98 Å². The first-order valence-corrected chi connectivity index (χ1v) is 8.53. The molecule has 1 fully saturated rings. The van der Waals surface area contributed by atoms with Crippen LogP contribution in [0.25, 0.3) is 0 Å². The Bertz CT molecular complexity index is 708. The number of anilines is 1. The van der Waals surface area contributed by atoms with E-state index < -0.39 is 6.04 Å². The fraction of sp³-hybridized carbons (Fsp3) is 0.438. The molecule has 2 aromatic heterocycles. The standard InChI is InChI=1S/C16H19N3O3S/c1-3-11-10(2)23-16(17-11)18-14(20)12-6-4-8-19(12)15(21)13-7-5-9-22-13/h5,7,9,12H,3-4,6,8H2,1-2H3,(H,17,18,20)/t12-/m1/s1. The quantitative estimate of drug-likeness (QED) is 0.933. The van der Waals surface area contributed by atoms with E-state index in [1.54, 1.807) is 17.0 Å². The van der Waals surface area contributed by atoms with E-state index in [1.165, 1.54) is 17.6 Å². The van der Waals surface area contributed by atoms with E-state index in [9.17, 15) is 9.59 Å². The molecule has 0 spiro atoms. The fourth-order valence-electron chi connectivity index (χ4n) is 2.82. The summed E-state index contributed by atoms with van der Waals surface area (Å²) in [5.74, 6) is -0.154. The number of carbonyl (C=O) groups excluding carboxylic acids is 2. The molecule has 0 aromatic carbocycles. The van der Waals surface area contributed by atoms with Crippen LogP contribution < -0.4 is 5.32 Å². The van der Waals surface area contributed by atoms with Crippen molar-refractivity contribution in [1.82, 2.24) is 9.88 Å². The smallest absolute Gasteiger partial charge is 0.290 e. The minimum atomic E-state index is -0.470. The molecule has 3 heterocycles. The van der Waals surface area contributed by atoms with Crippen LogP contribution in [0, 0.1) is 6.92 Å². The second-order valence-corrected chi connectivity index (χ2v) is 6.70. The number of hydrogen-bond acceptors (Lipinski definition) is 5. The molecule has 2 amide bonds. The van der Waals surface area contributed by atoms with Crippen molar-refractivity contribution < 1.29 is 14.0 Å². The largest absolute Gasteiger partial charge is 0.459 e. The second-order valence-electron chi connectivity index (χ2n) is 5.50. The van der Waals surface area contributed by atoms with Crippen LogP contribution in [0.2, 0.25) is 0 Å². The fourth-order valence-corrected chi connectivity index (χ4v) is 3.73. The number of hydrogen-bond donors (Lipinski definition) is 1. The van der Waals surface area contributed by atoms with Crippen molar-refractivity contribution in [2.75, 3.05) is 11.9 Å². The van der Waals surface area contributed by atoms with Crippen LogP contribution in [-0.4, -0.2) is 34.3 Å². The summed E-state index contributed by atoms with van der Waals surface area (Å²) in [4.78, 5) is 32.1. The van der Waals surface area contributed by atoms with Gasteiger partial charge in [0.1, 0.15) is 6.04 Å². The highest BCUT2D eigenvalue weighted by molar-refractivity contribution is 7.15. The molecule has 2 aromatic rings. The Labute approximate surface area is 138 Å². The predicted molar refractivity (Wildman–Crippen MR) is 87.6 cm³/mol. The first-order chi connectivity index (χ1) is 11.1. The Kier molecular flexibility index (Phi) is 4.47. The van der Waals surface area contributed by atoms with Crippen molar-refractivity contribution in [2.24, 2.45) is 0 Å².